The van der Waals surface area contributed by atoms with Gasteiger partial charge in [0.25, 0.3) is 0 Å². The first-order chi connectivity index (χ1) is 21.0. The molecule has 10 heteroatoms. The molecule has 2 heterocycles. The molecule has 45 heavy (non-hydrogen) atoms. The van der Waals surface area contributed by atoms with Crippen LogP contribution in [-0.4, -0.2) is 64.0 Å². The van der Waals surface area contributed by atoms with Crippen LogP contribution in [0.2, 0.25) is 0 Å². The van der Waals surface area contributed by atoms with Crippen LogP contribution in [0.5, 0.6) is 0 Å². The van der Waals surface area contributed by atoms with Gasteiger partial charge < -0.3 is 20.1 Å². The minimum atomic E-state index is -0.546. The molecule has 8 aliphatic rings. The van der Waals surface area contributed by atoms with Gasteiger partial charge >= 0.3 is 12.2 Å². The van der Waals surface area contributed by atoms with E-state index in [9.17, 15) is 24.0 Å². The molecule has 12 atom stereocenters. The SMILES string of the molecule is CC(=O)[C@@H]1[C@H](NC(=O)OC(C)(C)C)[C@H]2C=C[C@@H]1C2.CC(C)(C)OC(=O)N1C(=O)[C@@H]2[C@H]1[C@H]1C=C[C@@H]2C1.O=C1N[C@H]2[C@@H]1[C@@H]1C=C[C@H]2C1. The zero-order valence-electron chi connectivity index (χ0n) is 27.3. The minimum absolute atomic E-state index is 0.0394. The van der Waals surface area contributed by atoms with Crippen molar-refractivity contribution in [1.82, 2.24) is 15.5 Å². The topological polar surface area (TPSA) is 131 Å². The molecule has 0 spiro atoms. The summed E-state index contributed by atoms with van der Waals surface area (Å²) < 4.78 is 10.5. The smallest absolute Gasteiger partial charge is 0.417 e. The maximum atomic E-state index is 12.0. The Morgan fingerprint density at radius 1 is 0.756 bits per heavy atom. The minimum Gasteiger partial charge on any atom is -0.444 e. The highest BCUT2D eigenvalue weighted by molar-refractivity contribution is 6.00. The second-order valence-electron chi connectivity index (χ2n) is 15.9. The van der Waals surface area contributed by atoms with Crippen LogP contribution in [0.4, 0.5) is 9.59 Å². The molecule has 10 nitrogen and oxygen atoms in total. The summed E-state index contributed by atoms with van der Waals surface area (Å²) in [5.41, 5.74) is -1.06. The molecule has 0 unspecified atom stereocenters. The summed E-state index contributed by atoms with van der Waals surface area (Å²) in [7, 11) is 0. The van der Waals surface area contributed by atoms with Crippen molar-refractivity contribution in [2.45, 2.75) is 97.1 Å². The molecule has 0 aromatic carbocycles. The van der Waals surface area contributed by atoms with Crippen molar-refractivity contribution >= 4 is 29.8 Å². The summed E-state index contributed by atoms with van der Waals surface area (Å²) in [6.07, 6.45) is 15.2. The van der Waals surface area contributed by atoms with Crippen molar-refractivity contribution in [2.24, 2.45) is 53.3 Å². The number of rotatable bonds is 2. The van der Waals surface area contributed by atoms with Gasteiger partial charge in [-0.15, -0.1) is 0 Å². The number of allylic oxidation sites excluding steroid dienone is 3. The van der Waals surface area contributed by atoms with Gasteiger partial charge in [-0.05, 0) is 103 Å². The number of nitrogens with one attached hydrogen (secondary N) is 2. The van der Waals surface area contributed by atoms with Crippen LogP contribution in [0.25, 0.3) is 0 Å². The lowest BCUT2D eigenvalue weighted by Gasteiger charge is -2.46. The van der Waals surface area contributed by atoms with Gasteiger partial charge in [0.05, 0.1) is 17.9 Å². The van der Waals surface area contributed by atoms with E-state index in [2.05, 4.69) is 47.1 Å². The second kappa shape index (κ2) is 11.1. The maximum absolute atomic E-state index is 12.0. The van der Waals surface area contributed by atoms with Gasteiger partial charge in [0.1, 0.15) is 17.0 Å². The lowest BCUT2D eigenvalue weighted by atomic mass is 9.80. The fourth-order valence-electron chi connectivity index (χ4n) is 8.78. The summed E-state index contributed by atoms with van der Waals surface area (Å²) >= 11 is 0. The summed E-state index contributed by atoms with van der Waals surface area (Å²) in [5.74, 6) is 3.21. The van der Waals surface area contributed by atoms with Gasteiger partial charge in [-0.2, -0.15) is 0 Å². The first-order valence-corrected chi connectivity index (χ1v) is 16.4. The third-order valence-electron chi connectivity index (χ3n) is 10.5. The number of hydrogen-bond donors (Lipinski definition) is 2. The van der Waals surface area contributed by atoms with E-state index in [4.69, 9.17) is 9.47 Å². The molecule has 6 bridgehead atoms. The monoisotopic (exact) mass is 621 g/mol. The number of hydrogen-bond acceptors (Lipinski definition) is 7. The zero-order chi connectivity index (χ0) is 32.6. The third-order valence-corrected chi connectivity index (χ3v) is 10.5. The second-order valence-corrected chi connectivity index (χ2v) is 15.9. The molecule has 2 saturated heterocycles. The number of carbonyl (C=O) groups is 5. The van der Waals surface area contributed by atoms with E-state index >= 15 is 0 Å². The van der Waals surface area contributed by atoms with E-state index in [1.807, 2.05) is 41.5 Å². The van der Waals surface area contributed by atoms with Gasteiger partial charge in [-0.1, -0.05) is 36.5 Å². The molecule has 3 saturated carbocycles. The fourth-order valence-corrected chi connectivity index (χ4v) is 8.78. The molecule has 4 amide bonds. The van der Waals surface area contributed by atoms with Crippen molar-refractivity contribution in [3.05, 3.63) is 36.5 Å². The molecule has 244 valence electrons. The molecule has 0 aromatic heterocycles. The Morgan fingerprint density at radius 3 is 1.87 bits per heavy atom. The lowest BCUT2D eigenvalue weighted by Crippen LogP contribution is -2.65. The van der Waals surface area contributed by atoms with E-state index in [0.29, 0.717) is 35.6 Å². The molecule has 6 aliphatic carbocycles. The van der Waals surface area contributed by atoms with Crippen molar-refractivity contribution in [1.29, 1.82) is 0 Å². The van der Waals surface area contributed by atoms with E-state index in [1.165, 1.54) is 11.3 Å². The van der Waals surface area contributed by atoms with Gasteiger partial charge in [-0.25, -0.2) is 14.5 Å². The number of Topliss-reactive ketones (excluding diaryl/α,β-unsaturated/α-hetero) is 1. The molecule has 2 aliphatic heterocycles. The van der Waals surface area contributed by atoms with E-state index in [-0.39, 0.29) is 53.4 Å². The average Bonchev–Trinajstić information content (AvgIpc) is 3.73. The number of fused-ring (bicyclic) bond motifs is 12. The molecular formula is C35H47N3O7. The van der Waals surface area contributed by atoms with E-state index in [0.717, 1.165) is 12.8 Å². The van der Waals surface area contributed by atoms with E-state index in [1.54, 1.807) is 6.92 Å². The van der Waals surface area contributed by atoms with Crippen molar-refractivity contribution in [3.8, 4) is 0 Å². The summed E-state index contributed by atoms with van der Waals surface area (Å²) in [4.78, 5) is 59.6. The predicted octanol–water partition coefficient (Wildman–Crippen LogP) is 4.55. The molecule has 0 radical (unpaired) electrons. The van der Waals surface area contributed by atoms with Gasteiger partial charge in [-0.3, -0.25) is 14.4 Å². The van der Waals surface area contributed by atoms with Crippen LogP contribution >= 0.6 is 0 Å². The quantitative estimate of drug-likeness (QED) is 0.342. The number of carbonyl (C=O) groups excluding carboxylic acids is 5. The fraction of sp³-hybridized carbons (Fsp3) is 0.686. The third kappa shape index (κ3) is 5.85. The van der Waals surface area contributed by atoms with Crippen LogP contribution in [-0.2, 0) is 23.9 Å². The highest BCUT2D eigenvalue weighted by Crippen LogP contribution is 2.53. The molecular weight excluding hydrogens is 574 g/mol. The first-order valence-electron chi connectivity index (χ1n) is 16.4. The van der Waals surface area contributed by atoms with Gasteiger partial charge in [0.2, 0.25) is 11.8 Å². The maximum Gasteiger partial charge on any atom is 0.417 e. The number of nitrogens with zero attached hydrogens (tertiary/aromatic N) is 1. The number of imide groups is 1. The van der Waals surface area contributed by atoms with Crippen LogP contribution in [0.3, 0.4) is 0 Å². The Labute approximate surface area is 265 Å². The Bertz CT molecular complexity index is 1370. The molecule has 8 rings (SSSR count). The summed E-state index contributed by atoms with van der Waals surface area (Å²) in [6, 6.07) is 0.474. The number of β-lactam (4-membered cyclic amide) rings is 2. The first kappa shape index (κ1) is 31.5. The Kier molecular flexibility index (Phi) is 7.80. The number of ether oxygens (including phenoxy) is 2. The number of likely N-dealkylation sites (tertiary alicyclic amines) is 1. The van der Waals surface area contributed by atoms with Gasteiger partial charge in [0, 0.05) is 18.0 Å². The zero-order valence-corrected chi connectivity index (χ0v) is 27.3. The lowest BCUT2D eigenvalue weighted by molar-refractivity contribution is -0.154. The number of alkyl carbamates (subject to hydrolysis) is 1. The summed E-state index contributed by atoms with van der Waals surface area (Å²) in [6.45, 7) is 12.5. The van der Waals surface area contributed by atoms with Crippen molar-refractivity contribution < 1.29 is 33.4 Å². The standard InChI is InChI=1S/C14H21NO3.C13H17NO3.C8H9NO/c1-8(16)11-9-5-6-10(7-9)12(11)15-13(17)18-14(2,3)4;1-13(2,3)17-12(16)14-10-8-5-4-7(6-8)9(10)11(14)15;10-8-6-4-1-2-5(3-4)7(6)9-8/h5-6,9-12H,7H2,1-4H3,(H,15,17);4-5,7-10H,6H2,1-3H3;1-2,4-7H,3H2,(H,9,10)/t9-,10+,11+,12-;7-,8+,9+,10-;4-,5+,6+,7-/m111/s1. The highest BCUT2D eigenvalue weighted by atomic mass is 16.6. The van der Waals surface area contributed by atoms with E-state index < -0.39 is 23.4 Å². The largest absolute Gasteiger partial charge is 0.444 e. The molecule has 0 aromatic rings. The Hall–Kier alpha value is -3.43. The van der Waals surface area contributed by atoms with Crippen LogP contribution in [0.15, 0.2) is 36.5 Å². The number of ketones is 1. The van der Waals surface area contributed by atoms with Crippen LogP contribution in [0, 0.1) is 53.3 Å². The van der Waals surface area contributed by atoms with Crippen LogP contribution in [0.1, 0.15) is 67.7 Å². The predicted molar refractivity (Wildman–Crippen MR) is 165 cm³/mol. The number of amides is 4. The molecule has 2 N–H and O–H groups in total. The van der Waals surface area contributed by atoms with Crippen molar-refractivity contribution in [3.63, 3.8) is 0 Å². The molecule has 5 fully saturated rings. The Balaban J connectivity index is 0.000000123. The van der Waals surface area contributed by atoms with Crippen LogP contribution < -0.4 is 10.6 Å². The van der Waals surface area contributed by atoms with Gasteiger partial charge in [0.15, 0.2) is 0 Å². The normalized spacial score (nSPS) is 39.8. The Morgan fingerprint density at radius 2 is 1.29 bits per heavy atom. The average molecular weight is 622 g/mol. The van der Waals surface area contributed by atoms with Crippen molar-refractivity contribution in [2.75, 3.05) is 0 Å². The summed E-state index contributed by atoms with van der Waals surface area (Å²) in [5, 5.41) is 5.81. The highest BCUT2D eigenvalue weighted by Gasteiger charge is 2.63.